The van der Waals surface area contributed by atoms with Gasteiger partial charge in [-0.05, 0) is 13.0 Å². The van der Waals surface area contributed by atoms with E-state index in [2.05, 4.69) is 0 Å². The average molecular weight is 309 g/mol. The van der Waals surface area contributed by atoms with Crippen LogP contribution in [0.4, 0.5) is 0 Å². The Kier molecular flexibility index (Phi) is 4.53. The lowest BCUT2D eigenvalue weighted by molar-refractivity contribution is -0.0124. The molecular formula is C19H19NO3. The maximum Gasteiger partial charge on any atom is 0.254 e. The van der Waals surface area contributed by atoms with Gasteiger partial charge in [-0.25, -0.2) is 0 Å². The smallest absolute Gasteiger partial charge is 0.254 e. The third kappa shape index (κ3) is 3.32. The van der Waals surface area contributed by atoms with Crippen molar-refractivity contribution in [2.24, 2.45) is 0 Å². The minimum atomic E-state index is -0.129. The molecule has 1 heterocycles. The molecule has 0 saturated carbocycles. The minimum Gasteiger partial charge on any atom is -0.375 e. The van der Waals surface area contributed by atoms with Crippen LogP contribution in [0.1, 0.15) is 33.2 Å². The number of hydrogen-bond acceptors (Lipinski definition) is 3. The van der Waals surface area contributed by atoms with E-state index in [0.717, 1.165) is 0 Å². The first-order valence-electron chi connectivity index (χ1n) is 7.76. The highest BCUT2D eigenvalue weighted by atomic mass is 16.5. The molecule has 0 radical (unpaired) electrons. The first kappa shape index (κ1) is 15.4. The largest absolute Gasteiger partial charge is 0.375 e. The highest BCUT2D eigenvalue weighted by Crippen LogP contribution is 2.18. The lowest BCUT2D eigenvalue weighted by Gasteiger charge is -2.31. The van der Waals surface area contributed by atoms with Gasteiger partial charge in [0.25, 0.3) is 5.91 Å². The van der Waals surface area contributed by atoms with Crippen molar-refractivity contribution < 1.29 is 14.3 Å². The topological polar surface area (TPSA) is 46.6 Å². The number of benzene rings is 2. The molecule has 1 aliphatic rings. The van der Waals surface area contributed by atoms with Crippen molar-refractivity contribution in [3.05, 3.63) is 71.3 Å². The molecule has 0 N–H and O–H groups in total. The molecule has 0 aromatic heterocycles. The second-order valence-electron chi connectivity index (χ2n) is 5.67. The molecule has 2 aromatic carbocycles. The van der Waals surface area contributed by atoms with E-state index in [0.29, 0.717) is 36.4 Å². The summed E-state index contributed by atoms with van der Waals surface area (Å²) in [6, 6.07) is 16.0. The predicted molar refractivity (Wildman–Crippen MR) is 87.6 cm³/mol. The molecular weight excluding hydrogens is 290 g/mol. The fourth-order valence-electron chi connectivity index (χ4n) is 2.79. The number of ketones is 1. The van der Waals surface area contributed by atoms with Gasteiger partial charge in [-0.15, -0.1) is 0 Å². The number of hydrogen-bond donors (Lipinski definition) is 0. The standard InChI is InChI=1S/C19H19NO3/c1-14-13-20(11-12-23-14)19(22)17-10-6-5-9-16(17)18(21)15-7-3-2-4-8-15/h2-10,14H,11-13H2,1H3. The number of carbonyl (C=O) groups excluding carboxylic acids is 2. The van der Waals surface area contributed by atoms with Crippen LogP contribution in [0.25, 0.3) is 0 Å². The lowest BCUT2D eigenvalue weighted by Crippen LogP contribution is -2.44. The molecule has 23 heavy (non-hydrogen) atoms. The summed E-state index contributed by atoms with van der Waals surface area (Å²) in [7, 11) is 0. The van der Waals surface area contributed by atoms with Crippen LogP contribution >= 0.6 is 0 Å². The van der Waals surface area contributed by atoms with E-state index < -0.39 is 0 Å². The summed E-state index contributed by atoms with van der Waals surface area (Å²) in [5.74, 6) is -0.240. The summed E-state index contributed by atoms with van der Waals surface area (Å²) in [4.78, 5) is 27.3. The van der Waals surface area contributed by atoms with Gasteiger partial charge in [0, 0.05) is 24.2 Å². The van der Waals surface area contributed by atoms with Gasteiger partial charge in [-0.1, -0.05) is 48.5 Å². The van der Waals surface area contributed by atoms with E-state index >= 15 is 0 Å². The Labute approximate surface area is 135 Å². The molecule has 1 unspecified atom stereocenters. The van der Waals surface area contributed by atoms with Crippen molar-refractivity contribution in [2.75, 3.05) is 19.7 Å². The van der Waals surface area contributed by atoms with Crippen LogP contribution in [0.15, 0.2) is 54.6 Å². The Balaban J connectivity index is 1.92. The highest BCUT2D eigenvalue weighted by Gasteiger charge is 2.25. The van der Waals surface area contributed by atoms with Crippen molar-refractivity contribution in [1.82, 2.24) is 4.90 Å². The van der Waals surface area contributed by atoms with Crippen molar-refractivity contribution in [2.45, 2.75) is 13.0 Å². The lowest BCUT2D eigenvalue weighted by atomic mass is 9.97. The number of morpholine rings is 1. The maximum atomic E-state index is 12.8. The molecule has 4 heteroatoms. The molecule has 3 rings (SSSR count). The zero-order valence-electron chi connectivity index (χ0n) is 13.1. The fraction of sp³-hybridized carbons (Fsp3) is 0.263. The third-order valence-corrected chi connectivity index (χ3v) is 3.97. The fourth-order valence-corrected chi connectivity index (χ4v) is 2.79. The van der Waals surface area contributed by atoms with Gasteiger partial charge in [0.05, 0.1) is 18.3 Å². The zero-order valence-corrected chi connectivity index (χ0v) is 13.1. The van der Waals surface area contributed by atoms with Gasteiger partial charge < -0.3 is 9.64 Å². The van der Waals surface area contributed by atoms with Gasteiger partial charge >= 0.3 is 0 Å². The molecule has 1 saturated heterocycles. The number of ether oxygens (including phenoxy) is 1. The first-order chi connectivity index (χ1) is 11.2. The summed E-state index contributed by atoms with van der Waals surface area (Å²) in [6.45, 7) is 3.58. The zero-order chi connectivity index (χ0) is 16.2. The predicted octanol–water partition coefficient (Wildman–Crippen LogP) is 2.78. The molecule has 0 spiro atoms. The van der Waals surface area contributed by atoms with E-state index in [1.54, 1.807) is 41.3 Å². The van der Waals surface area contributed by atoms with Gasteiger partial charge in [-0.2, -0.15) is 0 Å². The SMILES string of the molecule is CC1CN(C(=O)c2ccccc2C(=O)c2ccccc2)CCO1. The van der Waals surface area contributed by atoms with Gasteiger partial charge in [0.2, 0.25) is 0 Å². The van der Waals surface area contributed by atoms with E-state index in [1.807, 2.05) is 25.1 Å². The number of rotatable bonds is 3. The average Bonchev–Trinajstić information content (AvgIpc) is 2.61. The molecule has 0 bridgehead atoms. The Morgan fingerprint density at radius 3 is 2.35 bits per heavy atom. The van der Waals surface area contributed by atoms with Crippen LogP contribution in [0.3, 0.4) is 0 Å². The number of amides is 1. The van der Waals surface area contributed by atoms with Crippen LogP contribution in [-0.4, -0.2) is 42.4 Å². The molecule has 1 fully saturated rings. The Morgan fingerprint density at radius 1 is 1.00 bits per heavy atom. The molecule has 118 valence electrons. The Bertz CT molecular complexity index is 712. The summed E-state index contributed by atoms with van der Waals surface area (Å²) in [5.41, 5.74) is 1.49. The number of carbonyl (C=O) groups is 2. The molecule has 4 nitrogen and oxygen atoms in total. The molecule has 0 aliphatic carbocycles. The molecule has 1 amide bonds. The second kappa shape index (κ2) is 6.75. The minimum absolute atomic E-state index is 0.0182. The molecule has 2 aromatic rings. The van der Waals surface area contributed by atoms with Crippen LogP contribution in [0.5, 0.6) is 0 Å². The normalized spacial score (nSPS) is 17.8. The molecule has 1 aliphatic heterocycles. The molecule has 1 atom stereocenters. The van der Waals surface area contributed by atoms with Crippen molar-refractivity contribution in [3.63, 3.8) is 0 Å². The Morgan fingerprint density at radius 2 is 1.65 bits per heavy atom. The summed E-state index contributed by atoms with van der Waals surface area (Å²) in [6.07, 6.45) is 0.0182. The first-order valence-corrected chi connectivity index (χ1v) is 7.76. The van der Waals surface area contributed by atoms with Crippen LogP contribution in [0.2, 0.25) is 0 Å². The summed E-state index contributed by atoms with van der Waals surface area (Å²) in [5, 5.41) is 0. The van der Waals surface area contributed by atoms with Gasteiger partial charge in [-0.3, -0.25) is 9.59 Å². The maximum absolute atomic E-state index is 12.8. The van der Waals surface area contributed by atoms with E-state index in [9.17, 15) is 9.59 Å². The van der Waals surface area contributed by atoms with Crippen molar-refractivity contribution >= 4 is 11.7 Å². The van der Waals surface area contributed by atoms with Crippen molar-refractivity contribution in [1.29, 1.82) is 0 Å². The van der Waals surface area contributed by atoms with Gasteiger partial charge in [0.1, 0.15) is 0 Å². The number of nitrogens with zero attached hydrogens (tertiary/aromatic N) is 1. The monoisotopic (exact) mass is 309 g/mol. The van der Waals surface area contributed by atoms with Crippen molar-refractivity contribution in [3.8, 4) is 0 Å². The van der Waals surface area contributed by atoms with Crippen LogP contribution in [0, 0.1) is 0 Å². The van der Waals surface area contributed by atoms with E-state index in [1.165, 1.54) is 0 Å². The van der Waals surface area contributed by atoms with Crippen LogP contribution < -0.4 is 0 Å². The van der Waals surface area contributed by atoms with Gasteiger partial charge in [0.15, 0.2) is 5.78 Å². The third-order valence-electron chi connectivity index (χ3n) is 3.97. The second-order valence-corrected chi connectivity index (χ2v) is 5.67. The highest BCUT2D eigenvalue weighted by molar-refractivity contribution is 6.15. The van der Waals surface area contributed by atoms with E-state index in [-0.39, 0.29) is 17.8 Å². The van der Waals surface area contributed by atoms with E-state index in [4.69, 9.17) is 4.74 Å². The van der Waals surface area contributed by atoms with Crippen LogP contribution in [-0.2, 0) is 4.74 Å². The Hall–Kier alpha value is -2.46. The summed E-state index contributed by atoms with van der Waals surface area (Å²) >= 11 is 0. The summed E-state index contributed by atoms with van der Waals surface area (Å²) < 4.78 is 5.48. The quantitative estimate of drug-likeness (QED) is 0.819.